The number of anilines is 1. The topological polar surface area (TPSA) is 46.6 Å². The van der Waals surface area contributed by atoms with Crippen LogP contribution in [-0.2, 0) is 22.4 Å². The van der Waals surface area contributed by atoms with E-state index >= 15 is 0 Å². The highest BCUT2D eigenvalue weighted by Gasteiger charge is 2.38. The third-order valence-electron chi connectivity index (χ3n) is 5.97. The van der Waals surface area contributed by atoms with Crippen LogP contribution in [0.2, 0.25) is 0 Å². The molecule has 1 fully saturated rings. The summed E-state index contributed by atoms with van der Waals surface area (Å²) >= 11 is 0. The molecule has 0 saturated carbocycles. The molecule has 0 radical (unpaired) electrons. The van der Waals surface area contributed by atoms with Crippen LogP contribution in [0.4, 0.5) is 5.69 Å². The Morgan fingerprint density at radius 3 is 2.34 bits per heavy atom. The van der Waals surface area contributed by atoms with Crippen molar-refractivity contribution in [1.82, 2.24) is 0 Å². The summed E-state index contributed by atoms with van der Waals surface area (Å²) < 4.78 is 5.78. The summed E-state index contributed by atoms with van der Waals surface area (Å²) in [6.07, 6.45) is 2.87. The highest BCUT2D eigenvalue weighted by Crippen LogP contribution is 2.34. The molecule has 1 amide bonds. The van der Waals surface area contributed by atoms with E-state index in [2.05, 4.69) is 39.8 Å². The fourth-order valence-corrected chi connectivity index (χ4v) is 4.04. The van der Waals surface area contributed by atoms with Crippen molar-refractivity contribution in [3.05, 3.63) is 59.2 Å². The van der Waals surface area contributed by atoms with Gasteiger partial charge in [-0.3, -0.25) is 9.59 Å². The Morgan fingerprint density at radius 1 is 1.07 bits per heavy atom. The summed E-state index contributed by atoms with van der Waals surface area (Å²) in [4.78, 5) is 27.5. The molecule has 1 heterocycles. The van der Waals surface area contributed by atoms with Gasteiger partial charge in [-0.15, -0.1) is 0 Å². The molecule has 0 N–H and O–H groups in total. The summed E-state index contributed by atoms with van der Waals surface area (Å²) in [6.45, 7) is 8.81. The molecule has 1 saturated heterocycles. The standard InChI is InChI=1S/C25H31NO3/c1-5-17(4)21-13-8-9-14-22(21)29-25(28)20-15-23(27)26(16-20)24-18(6-2)11-10-12-19(24)7-3/h8-14,17,20H,5-7,15-16H2,1-4H3/t17-,20-/m0/s1. The minimum Gasteiger partial charge on any atom is -0.426 e. The maximum Gasteiger partial charge on any atom is 0.316 e. The molecule has 4 heteroatoms. The molecule has 154 valence electrons. The van der Waals surface area contributed by atoms with Crippen molar-refractivity contribution in [3.63, 3.8) is 0 Å². The highest BCUT2D eigenvalue weighted by atomic mass is 16.5. The van der Waals surface area contributed by atoms with Crippen LogP contribution in [0.15, 0.2) is 42.5 Å². The number of carbonyl (C=O) groups is 2. The van der Waals surface area contributed by atoms with Gasteiger partial charge >= 0.3 is 5.97 Å². The maximum absolute atomic E-state index is 12.9. The third kappa shape index (κ3) is 4.36. The van der Waals surface area contributed by atoms with Crippen LogP contribution in [0.25, 0.3) is 0 Å². The number of hydrogen-bond acceptors (Lipinski definition) is 3. The quantitative estimate of drug-likeness (QED) is 0.475. The zero-order valence-electron chi connectivity index (χ0n) is 17.9. The second kappa shape index (κ2) is 9.25. The number of ether oxygens (including phenoxy) is 1. The van der Waals surface area contributed by atoms with Crippen LogP contribution in [0, 0.1) is 5.92 Å². The first kappa shape index (κ1) is 21.1. The lowest BCUT2D eigenvalue weighted by molar-refractivity contribution is -0.139. The smallest absolute Gasteiger partial charge is 0.316 e. The lowest BCUT2D eigenvalue weighted by atomic mass is 9.98. The van der Waals surface area contributed by atoms with E-state index < -0.39 is 5.92 Å². The largest absolute Gasteiger partial charge is 0.426 e. The number of nitrogens with zero attached hydrogens (tertiary/aromatic N) is 1. The Morgan fingerprint density at radius 2 is 1.72 bits per heavy atom. The molecule has 0 bridgehead atoms. The lowest BCUT2D eigenvalue weighted by Crippen LogP contribution is -2.29. The molecule has 1 aliphatic rings. The van der Waals surface area contributed by atoms with E-state index in [1.54, 1.807) is 4.90 Å². The predicted octanol–water partition coefficient (Wildman–Crippen LogP) is 5.28. The van der Waals surface area contributed by atoms with Gasteiger partial charge in [0.25, 0.3) is 0 Å². The van der Waals surface area contributed by atoms with Crippen LogP contribution in [0.3, 0.4) is 0 Å². The van der Waals surface area contributed by atoms with Gasteiger partial charge in [0.15, 0.2) is 0 Å². The maximum atomic E-state index is 12.9. The zero-order chi connectivity index (χ0) is 21.0. The summed E-state index contributed by atoms with van der Waals surface area (Å²) in [5.41, 5.74) is 4.31. The van der Waals surface area contributed by atoms with Gasteiger partial charge in [0.05, 0.1) is 5.92 Å². The highest BCUT2D eigenvalue weighted by molar-refractivity contribution is 6.01. The molecule has 0 aliphatic carbocycles. The van der Waals surface area contributed by atoms with Crippen molar-refractivity contribution in [1.29, 1.82) is 0 Å². The van der Waals surface area contributed by atoms with Crippen molar-refractivity contribution >= 4 is 17.6 Å². The first-order valence-corrected chi connectivity index (χ1v) is 10.7. The number of esters is 1. The third-order valence-corrected chi connectivity index (χ3v) is 5.97. The molecule has 29 heavy (non-hydrogen) atoms. The molecule has 0 spiro atoms. The monoisotopic (exact) mass is 393 g/mol. The average molecular weight is 394 g/mol. The molecule has 2 aromatic carbocycles. The Labute approximate surface area is 173 Å². The van der Waals surface area contributed by atoms with Crippen LogP contribution < -0.4 is 9.64 Å². The molecule has 2 atom stereocenters. The van der Waals surface area contributed by atoms with E-state index in [4.69, 9.17) is 4.74 Å². The minimum absolute atomic E-state index is 0.00207. The summed E-state index contributed by atoms with van der Waals surface area (Å²) in [5, 5.41) is 0. The van der Waals surface area contributed by atoms with Gasteiger partial charge in [-0.05, 0) is 47.9 Å². The van der Waals surface area contributed by atoms with Gasteiger partial charge in [0.1, 0.15) is 5.75 Å². The number of carbonyl (C=O) groups excluding carboxylic acids is 2. The molecule has 0 aromatic heterocycles. The number of hydrogen-bond donors (Lipinski definition) is 0. The number of para-hydroxylation sites is 2. The van der Waals surface area contributed by atoms with Crippen LogP contribution in [0.5, 0.6) is 5.75 Å². The molecule has 0 unspecified atom stereocenters. The first-order chi connectivity index (χ1) is 14.0. The molecular weight excluding hydrogens is 362 g/mol. The Kier molecular flexibility index (Phi) is 6.73. The predicted molar refractivity (Wildman–Crippen MR) is 116 cm³/mol. The normalized spacial score (nSPS) is 17.4. The number of aryl methyl sites for hydroxylation is 2. The van der Waals surface area contributed by atoms with Gasteiger partial charge in [0, 0.05) is 18.7 Å². The molecule has 3 rings (SSSR count). The van der Waals surface area contributed by atoms with E-state index in [1.165, 1.54) is 0 Å². The summed E-state index contributed by atoms with van der Waals surface area (Å²) in [6, 6.07) is 13.9. The molecular formula is C25H31NO3. The number of benzene rings is 2. The van der Waals surface area contributed by atoms with Crippen LogP contribution >= 0.6 is 0 Å². The van der Waals surface area contributed by atoms with Gasteiger partial charge < -0.3 is 9.64 Å². The Hall–Kier alpha value is -2.62. The number of rotatable bonds is 7. The molecule has 4 nitrogen and oxygen atoms in total. The van der Waals surface area contributed by atoms with Crippen LogP contribution in [0.1, 0.15) is 63.1 Å². The van der Waals surface area contributed by atoms with Gasteiger partial charge in [-0.1, -0.05) is 64.1 Å². The average Bonchev–Trinajstić information content (AvgIpc) is 3.14. The molecule has 1 aliphatic heterocycles. The van der Waals surface area contributed by atoms with Crippen molar-refractivity contribution in [2.75, 3.05) is 11.4 Å². The minimum atomic E-state index is -0.442. The number of amides is 1. The van der Waals surface area contributed by atoms with E-state index in [0.29, 0.717) is 18.2 Å². The van der Waals surface area contributed by atoms with Crippen molar-refractivity contribution < 1.29 is 14.3 Å². The van der Waals surface area contributed by atoms with E-state index in [-0.39, 0.29) is 18.3 Å². The van der Waals surface area contributed by atoms with E-state index in [1.807, 2.05) is 30.3 Å². The Bertz CT molecular complexity index is 867. The van der Waals surface area contributed by atoms with Crippen molar-refractivity contribution in [3.8, 4) is 5.75 Å². The van der Waals surface area contributed by atoms with Gasteiger partial charge in [0.2, 0.25) is 5.91 Å². The summed E-state index contributed by atoms with van der Waals surface area (Å²) in [7, 11) is 0. The molecule has 2 aromatic rings. The summed E-state index contributed by atoms with van der Waals surface area (Å²) in [5.74, 6) is 0.161. The second-order valence-corrected chi connectivity index (χ2v) is 7.81. The van der Waals surface area contributed by atoms with Crippen molar-refractivity contribution in [2.45, 2.75) is 59.3 Å². The fourth-order valence-electron chi connectivity index (χ4n) is 4.04. The van der Waals surface area contributed by atoms with Crippen molar-refractivity contribution in [2.24, 2.45) is 5.92 Å². The van der Waals surface area contributed by atoms with Crippen LogP contribution in [-0.4, -0.2) is 18.4 Å². The lowest BCUT2D eigenvalue weighted by Gasteiger charge is -2.23. The van der Waals surface area contributed by atoms with E-state index in [0.717, 1.165) is 41.6 Å². The first-order valence-electron chi connectivity index (χ1n) is 10.7. The Balaban J connectivity index is 1.81. The van der Waals surface area contributed by atoms with Gasteiger partial charge in [-0.25, -0.2) is 0 Å². The second-order valence-electron chi connectivity index (χ2n) is 7.81. The fraction of sp³-hybridized carbons (Fsp3) is 0.440. The zero-order valence-corrected chi connectivity index (χ0v) is 17.9. The SMILES string of the molecule is CCc1cccc(CC)c1N1C[C@@H](C(=O)Oc2ccccc2[C@@H](C)CC)CC1=O. The van der Waals surface area contributed by atoms with E-state index in [9.17, 15) is 9.59 Å². The van der Waals surface area contributed by atoms with Gasteiger partial charge in [-0.2, -0.15) is 0 Å².